The summed E-state index contributed by atoms with van der Waals surface area (Å²) in [5, 5.41) is 0. The fraction of sp³-hybridized carbons (Fsp3) is 0.736. The van der Waals surface area contributed by atoms with E-state index in [-0.39, 0.29) is 25.2 Å². The summed E-state index contributed by atoms with van der Waals surface area (Å²) < 4.78 is 17.3. The monoisotopic (exact) mass is 809 g/mol. The zero-order chi connectivity index (χ0) is 42.1. The van der Waals surface area contributed by atoms with Crippen LogP contribution in [0.25, 0.3) is 0 Å². The van der Waals surface area contributed by atoms with E-state index < -0.39 is 6.10 Å². The van der Waals surface area contributed by atoms with Crippen LogP contribution in [0.15, 0.2) is 72.9 Å². The molecule has 334 valence electrons. The summed E-state index contributed by atoms with van der Waals surface area (Å²) in [6.45, 7) is 7.57. The van der Waals surface area contributed by atoms with E-state index in [4.69, 9.17) is 14.2 Å². The van der Waals surface area contributed by atoms with Gasteiger partial charge in [0.1, 0.15) is 6.61 Å². The smallest absolute Gasteiger partial charge is 0.306 e. The van der Waals surface area contributed by atoms with Crippen LogP contribution in [0.4, 0.5) is 0 Å². The molecule has 1 unspecified atom stereocenters. The van der Waals surface area contributed by atoms with Gasteiger partial charge in [-0.15, -0.1) is 0 Å². The van der Waals surface area contributed by atoms with Gasteiger partial charge in [-0.05, 0) is 83.5 Å². The quantitative estimate of drug-likeness (QED) is 0.0348. The molecule has 0 saturated heterocycles. The van der Waals surface area contributed by atoms with Crippen LogP contribution in [0.5, 0.6) is 0 Å². The summed E-state index contributed by atoms with van der Waals surface area (Å²) in [5.74, 6) is -0.440. The average molecular weight is 809 g/mol. The Kier molecular flexibility index (Phi) is 46.5. The minimum absolute atomic E-state index is 0.0676. The van der Waals surface area contributed by atoms with Crippen molar-refractivity contribution in [3.63, 3.8) is 0 Å². The Bertz CT molecular complexity index is 1050. The highest BCUT2D eigenvalue weighted by Crippen LogP contribution is 2.14. The van der Waals surface area contributed by atoms with Crippen molar-refractivity contribution in [1.29, 1.82) is 0 Å². The van der Waals surface area contributed by atoms with Gasteiger partial charge in [-0.3, -0.25) is 9.59 Å². The Hall–Kier alpha value is -2.66. The number of allylic oxidation sites excluding steroid dienone is 12. The molecule has 0 bridgehead atoms. The maximum atomic E-state index is 12.7. The van der Waals surface area contributed by atoms with Gasteiger partial charge in [0.25, 0.3) is 0 Å². The van der Waals surface area contributed by atoms with E-state index >= 15 is 0 Å². The topological polar surface area (TPSA) is 61.8 Å². The lowest BCUT2D eigenvalue weighted by Crippen LogP contribution is -2.30. The van der Waals surface area contributed by atoms with Gasteiger partial charge < -0.3 is 14.2 Å². The first kappa shape index (κ1) is 55.3. The van der Waals surface area contributed by atoms with E-state index in [1.54, 1.807) is 0 Å². The molecule has 0 fully saturated rings. The summed E-state index contributed by atoms with van der Waals surface area (Å²) in [7, 11) is 0. The van der Waals surface area contributed by atoms with Crippen LogP contribution in [0.3, 0.4) is 0 Å². The third-order valence-corrected chi connectivity index (χ3v) is 10.2. The first-order valence-electron chi connectivity index (χ1n) is 24.5. The van der Waals surface area contributed by atoms with E-state index in [9.17, 15) is 9.59 Å². The first-order chi connectivity index (χ1) is 28.6. The lowest BCUT2D eigenvalue weighted by atomic mass is 10.1. The zero-order valence-electron chi connectivity index (χ0n) is 38.3. The van der Waals surface area contributed by atoms with Gasteiger partial charge in [0.2, 0.25) is 0 Å². The molecule has 0 rings (SSSR count). The Morgan fingerprint density at radius 3 is 1.26 bits per heavy atom. The minimum Gasteiger partial charge on any atom is -0.462 e. The highest BCUT2D eigenvalue weighted by Gasteiger charge is 2.17. The van der Waals surface area contributed by atoms with E-state index in [0.717, 1.165) is 103 Å². The molecule has 5 nitrogen and oxygen atoms in total. The van der Waals surface area contributed by atoms with Gasteiger partial charge in [0.15, 0.2) is 6.10 Å². The van der Waals surface area contributed by atoms with Crippen molar-refractivity contribution in [3.8, 4) is 0 Å². The van der Waals surface area contributed by atoms with Crippen LogP contribution >= 0.6 is 0 Å². The second-order valence-electron chi connectivity index (χ2n) is 16.0. The maximum Gasteiger partial charge on any atom is 0.306 e. The molecule has 0 saturated carbocycles. The van der Waals surface area contributed by atoms with Crippen molar-refractivity contribution in [2.24, 2.45) is 0 Å². The summed E-state index contributed by atoms with van der Waals surface area (Å²) in [4.78, 5) is 25.3. The van der Waals surface area contributed by atoms with Crippen LogP contribution < -0.4 is 0 Å². The number of rotatable bonds is 44. The summed E-state index contributed by atoms with van der Waals surface area (Å²) in [6, 6.07) is 0. The van der Waals surface area contributed by atoms with E-state index in [1.807, 2.05) is 0 Å². The maximum absolute atomic E-state index is 12.7. The molecular formula is C53H92O5. The van der Waals surface area contributed by atoms with Gasteiger partial charge in [0, 0.05) is 19.4 Å². The number of unbranched alkanes of at least 4 members (excludes halogenated alkanes) is 21. The molecule has 0 aromatic carbocycles. The van der Waals surface area contributed by atoms with Gasteiger partial charge >= 0.3 is 11.9 Å². The molecule has 0 aromatic rings. The number of esters is 2. The molecule has 0 spiro atoms. The predicted molar refractivity (Wildman–Crippen MR) is 251 cm³/mol. The largest absolute Gasteiger partial charge is 0.462 e. The van der Waals surface area contributed by atoms with E-state index in [0.29, 0.717) is 19.4 Å². The second-order valence-corrected chi connectivity index (χ2v) is 16.0. The van der Waals surface area contributed by atoms with Crippen molar-refractivity contribution >= 4 is 11.9 Å². The highest BCUT2D eigenvalue weighted by atomic mass is 16.6. The fourth-order valence-corrected chi connectivity index (χ4v) is 6.66. The predicted octanol–water partition coefficient (Wildman–Crippen LogP) is 16.3. The Morgan fingerprint density at radius 1 is 0.397 bits per heavy atom. The van der Waals surface area contributed by atoms with Crippen LogP contribution in [0, 0.1) is 0 Å². The lowest BCUT2D eigenvalue weighted by molar-refractivity contribution is -0.163. The number of hydrogen-bond acceptors (Lipinski definition) is 5. The molecule has 0 aliphatic rings. The van der Waals surface area contributed by atoms with E-state index in [2.05, 4.69) is 93.7 Å². The first-order valence-corrected chi connectivity index (χ1v) is 24.5. The van der Waals surface area contributed by atoms with Gasteiger partial charge in [-0.1, -0.05) is 203 Å². The number of hydrogen-bond donors (Lipinski definition) is 0. The average Bonchev–Trinajstić information content (AvgIpc) is 3.22. The molecule has 0 aliphatic heterocycles. The number of ether oxygens (including phenoxy) is 3. The van der Waals surface area contributed by atoms with Crippen LogP contribution in [0.2, 0.25) is 0 Å². The standard InChI is InChI=1S/C53H92O5/c1-4-7-10-13-16-19-22-25-26-27-28-30-31-34-37-40-43-46-52(54)57-50-51(49-56-48-45-42-39-36-33-24-21-18-15-12-9-6-3)58-53(55)47-44-41-38-35-32-29-23-20-17-14-11-8-5-2/h7-8,10-11,16-17,19-20,25-26,29,32,51H,4-6,9,12-15,18,21-24,27-28,30-31,33-50H2,1-3H3/b10-7-,11-8-,19-16-,20-17-,26-25-,32-29-. The molecule has 0 radical (unpaired) electrons. The zero-order valence-corrected chi connectivity index (χ0v) is 38.3. The Labute approximate surface area is 359 Å². The van der Waals surface area contributed by atoms with Crippen molar-refractivity contribution in [3.05, 3.63) is 72.9 Å². The Balaban J connectivity index is 4.29. The van der Waals surface area contributed by atoms with Crippen LogP contribution in [0.1, 0.15) is 226 Å². The normalized spacial score (nSPS) is 12.8. The third kappa shape index (κ3) is 46.0. The van der Waals surface area contributed by atoms with Crippen LogP contribution in [-0.4, -0.2) is 37.9 Å². The van der Waals surface area contributed by atoms with Crippen LogP contribution in [-0.2, 0) is 23.8 Å². The second kappa shape index (κ2) is 48.7. The summed E-state index contributed by atoms with van der Waals surface area (Å²) in [6.07, 6.45) is 61.9. The van der Waals surface area contributed by atoms with Crippen molar-refractivity contribution in [1.82, 2.24) is 0 Å². The molecule has 58 heavy (non-hydrogen) atoms. The summed E-state index contributed by atoms with van der Waals surface area (Å²) in [5.41, 5.74) is 0. The molecule has 0 aliphatic carbocycles. The molecule has 0 amide bonds. The lowest BCUT2D eigenvalue weighted by Gasteiger charge is -2.18. The van der Waals surface area contributed by atoms with Crippen molar-refractivity contribution in [2.75, 3.05) is 19.8 Å². The fourth-order valence-electron chi connectivity index (χ4n) is 6.66. The summed E-state index contributed by atoms with van der Waals surface area (Å²) >= 11 is 0. The molecule has 1 atom stereocenters. The third-order valence-electron chi connectivity index (χ3n) is 10.2. The number of carbonyl (C=O) groups excluding carboxylic acids is 2. The van der Waals surface area contributed by atoms with Gasteiger partial charge in [0.05, 0.1) is 6.61 Å². The van der Waals surface area contributed by atoms with Gasteiger partial charge in [-0.2, -0.15) is 0 Å². The Morgan fingerprint density at radius 2 is 0.776 bits per heavy atom. The molecule has 0 heterocycles. The molecule has 0 aromatic heterocycles. The molecular weight excluding hydrogens is 717 g/mol. The van der Waals surface area contributed by atoms with E-state index in [1.165, 1.54) is 89.9 Å². The number of carbonyl (C=O) groups is 2. The molecule has 0 N–H and O–H groups in total. The van der Waals surface area contributed by atoms with Gasteiger partial charge in [-0.25, -0.2) is 0 Å². The highest BCUT2D eigenvalue weighted by molar-refractivity contribution is 5.70. The SMILES string of the molecule is CC/C=C\C/C=C\C/C=C\CCCCCCCCCC(=O)OCC(COCCCCCCCCCCCCCC)OC(=O)CCCCC/C=C\C/C=C\C/C=C\CC. The van der Waals surface area contributed by atoms with Crippen molar-refractivity contribution in [2.45, 2.75) is 232 Å². The molecule has 5 heteroatoms. The van der Waals surface area contributed by atoms with Crippen molar-refractivity contribution < 1.29 is 23.8 Å². The minimum atomic E-state index is -0.554.